The lowest BCUT2D eigenvalue weighted by Crippen LogP contribution is -2.40. The summed E-state index contributed by atoms with van der Waals surface area (Å²) in [5, 5.41) is 3.60. The smallest absolute Gasteiger partial charge is 0.0175 e. The van der Waals surface area contributed by atoms with Crippen molar-refractivity contribution in [1.29, 1.82) is 0 Å². The largest absolute Gasteiger partial charge is 0.314 e. The number of nitrogens with one attached hydrogen (secondary N) is 1. The van der Waals surface area contributed by atoms with E-state index in [-0.39, 0.29) is 0 Å². The van der Waals surface area contributed by atoms with E-state index in [1.807, 2.05) is 0 Å². The van der Waals surface area contributed by atoms with E-state index in [0.29, 0.717) is 17.9 Å². The lowest BCUT2D eigenvalue weighted by Gasteiger charge is -2.28. The summed E-state index contributed by atoms with van der Waals surface area (Å²) in [6.07, 6.45) is 1.14. The van der Waals surface area contributed by atoms with Gasteiger partial charge in [-0.25, -0.2) is 0 Å². The minimum atomic E-state index is 0.601. The Bertz CT molecular complexity index is 318. The molecule has 0 aliphatic heterocycles. The van der Waals surface area contributed by atoms with Gasteiger partial charge in [0.15, 0.2) is 0 Å². The van der Waals surface area contributed by atoms with Crippen molar-refractivity contribution in [2.75, 3.05) is 6.54 Å². The molecule has 0 bridgehead atoms. The zero-order chi connectivity index (χ0) is 12.8. The minimum absolute atomic E-state index is 0.601. The zero-order valence-electron chi connectivity index (χ0n) is 11.3. The van der Waals surface area contributed by atoms with Gasteiger partial charge in [0.05, 0.1) is 0 Å². The second-order valence-electron chi connectivity index (χ2n) is 5.14. The molecular formula is C15H24BrN. The lowest BCUT2D eigenvalue weighted by molar-refractivity contribution is 0.302. The molecule has 0 amide bonds. The van der Waals surface area contributed by atoms with E-state index in [1.54, 1.807) is 0 Å². The first-order chi connectivity index (χ1) is 8.04. The summed E-state index contributed by atoms with van der Waals surface area (Å²) in [6.45, 7) is 10.2. The number of hydrogen-bond donors (Lipinski definition) is 1. The maximum Gasteiger partial charge on any atom is 0.0175 e. The molecular weight excluding hydrogens is 274 g/mol. The summed E-state index contributed by atoms with van der Waals surface area (Å²) < 4.78 is 1.15. The molecule has 0 saturated heterocycles. The molecule has 17 heavy (non-hydrogen) atoms. The van der Waals surface area contributed by atoms with Crippen LogP contribution in [0, 0.1) is 11.8 Å². The number of halogens is 1. The van der Waals surface area contributed by atoms with Crippen molar-refractivity contribution in [2.45, 2.75) is 40.2 Å². The maximum absolute atomic E-state index is 3.60. The van der Waals surface area contributed by atoms with Crippen molar-refractivity contribution >= 4 is 15.9 Å². The Kier molecular flexibility index (Phi) is 6.21. The van der Waals surface area contributed by atoms with Gasteiger partial charge in [0.1, 0.15) is 0 Å². The predicted molar refractivity (Wildman–Crippen MR) is 79.3 cm³/mol. The Labute approximate surface area is 114 Å². The Morgan fingerprint density at radius 1 is 1.12 bits per heavy atom. The van der Waals surface area contributed by atoms with E-state index in [4.69, 9.17) is 0 Å². The number of benzene rings is 1. The molecule has 2 atom stereocenters. The van der Waals surface area contributed by atoms with Gasteiger partial charge < -0.3 is 5.32 Å². The molecule has 0 aliphatic rings. The van der Waals surface area contributed by atoms with Crippen molar-refractivity contribution in [3.05, 3.63) is 34.3 Å². The summed E-state index contributed by atoms with van der Waals surface area (Å²) in [7, 11) is 0. The first-order valence-electron chi connectivity index (χ1n) is 6.52. The highest BCUT2D eigenvalue weighted by molar-refractivity contribution is 9.10. The topological polar surface area (TPSA) is 12.0 Å². The van der Waals surface area contributed by atoms with Crippen LogP contribution in [-0.2, 0) is 6.42 Å². The molecule has 96 valence electrons. The summed E-state index contributed by atoms with van der Waals surface area (Å²) in [6, 6.07) is 9.27. The van der Waals surface area contributed by atoms with Crippen LogP contribution in [0.2, 0.25) is 0 Å². The molecule has 0 spiro atoms. The van der Waals surface area contributed by atoms with Gasteiger partial charge in [-0.2, -0.15) is 0 Å². The second-order valence-corrected chi connectivity index (χ2v) is 6.05. The molecule has 0 saturated carbocycles. The van der Waals surface area contributed by atoms with Gasteiger partial charge >= 0.3 is 0 Å². The van der Waals surface area contributed by atoms with Crippen LogP contribution in [0.4, 0.5) is 0 Å². The van der Waals surface area contributed by atoms with Crippen molar-refractivity contribution in [1.82, 2.24) is 5.32 Å². The van der Waals surface area contributed by atoms with Crippen LogP contribution in [0.5, 0.6) is 0 Å². The van der Waals surface area contributed by atoms with Crippen LogP contribution in [-0.4, -0.2) is 12.6 Å². The minimum Gasteiger partial charge on any atom is -0.314 e. The summed E-state index contributed by atoms with van der Waals surface area (Å²) >= 11 is 3.48. The predicted octanol–water partition coefficient (Wildman–Crippen LogP) is 4.26. The van der Waals surface area contributed by atoms with Crippen LogP contribution in [0.25, 0.3) is 0 Å². The van der Waals surface area contributed by atoms with Crippen molar-refractivity contribution in [3.8, 4) is 0 Å². The number of hydrogen-bond acceptors (Lipinski definition) is 1. The van der Waals surface area contributed by atoms with Gasteiger partial charge in [-0.3, -0.25) is 0 Å². The molecule has 1 nitrogen and oxygen atoms in total. The molecule has 1 rings (SSSR count). The van der Waals surface area contributed by atoms with Crippen LogP contribution < -0.4 is 5.32 Å². The monoisotopic (exact) mass is 297 g/mol. The van der Waals surface area contributed by atoms with E-state index >= 15 is 0 Å². The Hall–Kier alpha value is -0.340. The fourth-order valence-corrected chi connectivity index (χ4v) is 2.71. The van der Waals surface area contributed by atoms with Crippen molar-refractivity contribution in [3.63, 3.8) is 0 Å². The van der Waals surface area contributed by atoms with Gasteiger partial charge in [-0.1, -0.05) is 55.8 Å². The van der Waals surface area contributed by atoms with Crippen LogP contribution in [0.15, 0.2) is 28.7 Å². The Morgan fingerprint density at radius 3 is 2.18 bits per heavy atom. The van der Waals surface area contributed by atoms with Crippen molar-refractivity contribution < 1.29 is 0 Å². The van der Waals surface area contributed by atoms with Gasteiger partial charge in [-0.05, 0) is 42.5 Å². The fourth-order valence-electron chi connectivity index (χ4n) is 2.45. The van der Waals surface area contributed by atoms with Gasteiger partial charge in [-0.15, -0.1) is 0 Å². The molecule has 0 heterocycles. The summed E-state index contributed by atoms with van der Waals surface area (Å²) in [5.74, 6) is 1.34. The molecule has 0 fully saturated rings. The molecule has 2 heteroatoms. The van der Waals surface area contributed by atoms with Crippen LogP contribution >= 0.6 is 15.9 Å². The summed E-state index contributed by atoms with van der Waals surface area (Å²) in [4.78, 5) is 0. The Morgan fingerprint density at radius 2 is 1.71 bits per heavy atom. The maximum atomic E-state index is 3.60. The van der Waals surface area contributed by atoms with Crippen LogP contribution in [0.1, 0.15) is 33.3 Å². The lowest BCUT2D eigenvalue weighted by atomic mass is 9.87. The third-order valence-electron chi connectivity index (χ3n) is 3.24. The van der Waals surface area contributed by atoms with E-state index in [2.05, 4.69) is 73.2 Å². The molecule has 1 N–H and O–H groups in total. The number of rotatable bonds is 6. The SMILES string of the molecule is CCNC(C(C)C)C(C)Cc1ccc(Br)cc1. The quantitative estimate of drug-likeness (QED) is 0.827. The highest BCUT2D eigenvalue weighted by Crippen LogP contribution is 2.19. The van der Waals surface area contributed by atoms with Crippen molar-refractivity contribution in [2.24, 2.45) is 11.8 Å². The van der Waals surface area contributed by atoms with E-state index in [9.17, 15) is 0 Å². The zero-order valence-corrected chi connectivity index (χ0v) is 12.9. The molecule has 0 aromatic heterocycles. The van der Waals surface area contributed by atoms with E-state index < -0.39 is 0 Å². The fraction of sp³-hybridized carbons (Fsp3) is 0.600. The standard InChI is InChI=1S/C15H24BrN/c1-5-17-15(11(2)3)12(4)10-13-6-8-14(16)9-7-13/h6-9,11-12,15,17H,5,10H2,1-4H3. The molecule has 1 aromatic carbocycles. The molecule has 1 aromatic rings. The molecule has 2 unspecified atom stereocenters. The van der Waals surface area contributed by atoms with E-state index in [1.165, 1.54) is 5.56 Å². The first-order valence-corrected chi connectivity index (χ1v) is 7.31. The van der Waals surface area contributed by atoms with Gasteiger partial charge in [0.25, 0.3) is 0 Å². The molecule has 0 aliphatic carbocycles. The molecule has 0 radical (unpaired) electrons. The van der Waals surface area contributed by atoms with Gasteiger partial charge in [0.2, 0.25) is 0 Å². The Balaban J connectivity index is 2.62. The van der Waals surface area contributed by atoms with Crippen LogP contribution in [0.3, 0.4) is 0 Å². The average Bonchev–Trinajstić information content (AvgIpc) is 2.28. The summed E-state index contributed by atoms with van der Waals surface area (Å²) in [5.41, 5.74) is 1.42. The third-order valence-corrected chi connectivity index (χ3v) is 3.77. The first kappa shape index (κ1) is 14.7. The highest BCUT2D eigenvalue weighted by atomic mass is 79.9. The van der Waals surface area contributed by atoms with Gasteiger partial charge in [0, 0.05) is 10.5 Å². The second kappa shape index (κ2) is 7.17. The van der Waals surface area contributed by atoms with E-state index in [0.717, 1.165) is 17.4 Å². The average molecular weight is 298 g/mol. The third kappa shape index (κ3) is 4.81. The normalized spacial score (nSPS) is 14.9. The highest BCUT2D eigenvalue weighted by Gasteiger charge is 2.19.